The fourth-order valence-electron chi connectivity index (χ4n) is 2.56. The number of ether oxygens (including phenoxy) is 1. The van der Waals surface area contributed by atoms with Gasteiger partial charge >= 0.3 is 5.97 Å². The summed E-state index contributed by atoms with van der Waals surface area (Å²) in [7, 11) is 0. The van der Waals surface area contributed by atoms with Crippen LogP contribution in [-0.4, -0.2) is 22.5 Å². The van der Waals surface area contributed by atoms with Crippen molar-refractivity contribution >= 4 is 11.9 Å². The van der Waals surface area contributed by atoms with Crippen molar-refractivity contribution in [1.82, 2.24) is 9.97 Å². The van der Waals surface area contributed by atoms with E-state index >= 15 is 0 Å². The average Bonchev–Trinajstić information content (AvgIpc) is 2.57. The first-order valence-corrected chi connectivity index (χ1v) is 8.21. The summed E-state index contributed by atoms with van der Waals surface area (Å²) in [6.07, 6.45) is 3.40. The number of carbonyl (C=O) groups excluding carboxylic acids is 1. The van der Waals surface area contributed by atoms with Gasteiger partial charge in [0, 0.05) is 17.5 Å². The fraction of sp³-hybridized carbons (Fsp3) is 0.389. The Balaban J connectivity index is 2.02. The van der Waals surface area contributed by atoms with Gasteiger partial charge in [-0.15, -0.1) is 0 Å². The van der Waals surface area contributed by atoms with Crippen LogP contribution in [0, 0.1) is 0 Å². The molecular weight excluding hydrogens is 306 g/mol. The van der Waals surface area contributed by atoms with Gasteiger partial charge in [0.2, 0.25) is 5.95 Å². The zero-order valence-corrected chi connectivity index (χ0v) is 13.9. The molecule has 0 saturated heterocycles. The van der Waals surface area contributed by atoms with Crippen molar-refractivity contribution in [3.63, 3.8) is 0 Å². The second-order valence-corrected chi connectivity index (χ2v) is 5.51. The van der Waals surface area contributed by atoms with Crippen molar-refractivity contribution < 1.29 is 9.53 Å². The number of rotatable bonds is 8. The number of nitrogens with zero attached hydrogens (tertiary/aromatic N) is 1. The van der Waals surface area contributed by atoms with Gasteiger partial charge in [0.1, 0.15) is 0 Å². The minimum absolute atomic E-state index is 0.116. The van der Waals surface area contributed by atoms with Crippen LogP contribution in [-0.2, 0) is 16.0 Å². The minimum Gasteiger partial charge on any atom is -0.466 e. The number of nitrogens with two attached hydrogens (primary N) is 1. The Morgan fingerprint density at radius 1 is 1.21 bits per heavy atom. The number of benzene rings is 1. The molecule has 2 aromatic rings. The van der Waals surface area contributed by atoms with Crippen LogP contribution in [0.1, 0.15) is 38.2 Å². The van der Waals surface area contributed by atoms with E-state index in [1.54, 1.807) is 6.92 Å². The Labute approximate surface area is 141 Å². The number of unbranched alkanes of at least 4 members (excludes halogenated alkanes) is 2. The predicted molar refractivity (Wildman–Crippen MR) is 93.5 cm³/mol. The fourth-order valence-corrected chi connectivity index (χ4v) is 2.56. The second-order valence-electron chi connectivity index (χ2n) is 5.51. The van der Waals surface area contributed by atoms with Gasteiger partial charge in [0.05, 0.1) is 12.3 Å². The molecule has 0 aliphatic heterocycles. The third-order valence-electron chi connectivity index (χ3n) is 3.69. The van der Waals surface area contributed by atoms with Crippen LogP contribution in [0.4, 0.5) is 5.95 Å². The number of hydrogen-bond acceptors (Lipinski definition) is 5. The molecule has 0 saturated carbocycles. The molecule has 0 spiro atoms. The van der Waals surface area contributed by atoms with Gasteiger partial charge in [0.15, 0.2) is 0 Å². The van der Waals surface area contributed by atoms with Crippen LogP contribution in [0.3, 0.4) is 0 Å². The van der Waals surface area contributed by atoms with Gasteiger partial charge in [-0.05, 0) is 26.2 Å². The number of anilines is 1. The normalized spacial score (nSPS) is 10.5. The highest BCUT2D eigenvalue weighted by atomic mass is 16.5. The lowest BCUT2D eigenvalue weighted by Gasteiger charge is -2.09. The molecule has 0 aliphatic carbocycles. The number of aromatic nitrogens is 2. The predicted octanol–water partition coefficient (Wildman–Crippen LogP) is 2.69. The smallest absolute Gasteiger partial charge is 0.305 e. The van der Waals surface area contributed by atoms with E-state index in [1.807, 2.05) is 30.3 Å². The summed E-state index contributed by atoms with van der Waals surface area (Å²) in [5.74, 6) is -0.0561. The Bertz CT molecular complexity index is 726. The van der Waals surface area contributed by atoms with Gasteiger partial charge in [-0.25, -0.2) is 4.98 Å². The third kappa shape index (κ3) is 4.94. The average molecular weight is 329 g/mol. The summed E-state index contributed by atoms with van der Waals surface area (Å²) in [6.45, 7) is 2.20. The Hall–Kier alpha value is -2.63. The molecule has 0 radical (unpaired) electrons. The maximum Gasteiger partial charge on any atom is 0.305 e. The van der Waals surface area contributed by atoms with Gasteiger partial charge in [-0.1, -0.05) is 36.8 Å². The number of hydrogen-bond donors (Lipinski definition) is 2. The molecule has 6 nitrogen and oxygen atoms in total. The number of aromatic amines is 1. The molecule has 6 heteroatoms. The summed E-state index contributed by atoms with van der Waals surface area (Å²) in [6, 6.07) is 9.53. The standard InChI is InChI=1S/C18H23N3O3/c1-2-24-15(22)12-8-4-7-11-14-16(13-9-5-3-6-10-13)20-18(19)21-17(14)23/h3,5-6,9-10H,2,4,7-8,11-12H2,1H3,(H3,19,20,21,23). The van der Waals surface area contributed by atoms with Gasteiger partial charge < -0.3 is 10.5 Å². The van der Waals surface area contributed by atoms with Crippen molar-refractivity contribution in [1.29, 1.82) is 0 Å². The molecule has 3 N–H and O–H groups in total. The summed E-state index contributed by atoms with van der Waals surface area (Å²) in [5.41, 5.74) is 7.61. The lowest BCUT2D eigenvalue weighted by Crippen LogP contribution is -2.18. The van der Waals surface area contributed by atoms with Crippen LogP contribution in [0.5, 0.6) is 0 Å². The first-order valence-electron chi connectivity index (χ1n) is 8.21. The van der Waals surface area contributed by atoms with Crippen LogP contribution >= 0.6 is 0 Å². The Kier molecular flexibility index (Phi) is 6.54. The van der Waals surface area contributed by atoms with Crippen LogP contribution in [0.2, 0.25) is 0 Å². The third-order valence-corrected chi connectivity index (χ3v) is 3.69. The van der Waals surface area contributed by atoms with E-state index in [1.165, 1.54) is 0 Å². The molecule has 0 bridgehead atoms. The molecule has 0 aliphatic rings. The maximum absolute atomic E-state index is 12.2. The minimum atomic E-state index is -0.202. The highest BCUT2D eigenvalue weighted by Crippen LogP contribution is 2.21. The summed E-state index contributed by atoms with van der Waals surface area (Å²) in [4.78, 5) is 30.4. The second kappa shape index (κ2) is 8.86. The number of carbonyl (C=O) groups is 1. The molecule has 0 amide bonds. The van der Waals surface area contributed by atoms with E-state index in [0.29, 0.717) is 30.7 Å². The van der Waals surface area contributed by atoms with E-state index in [2.05, 4.69) is 9.97 Å². The molecule has 2 rings (SSSR count). The van der Waals surface area contributed by atoms with Gasteiger partial charge in [0.25, 0.3) is 5.56 Å². The summed E-state index contributed by atoms with van der Waals surface area (Å²) in [5, 5.41) is 0. The van der Waals surface area contributed by atoms with Crippen molar-refractivity contribution in [3.05, 3.63) is 46.2 Å². The molecule has 1 heterocycles. The van der Waals surface area contributed by atoms with Gasteiger partial charge in [-0.2, -0.15) is 0 Å². The number of nitrogen functional groups attached to an aromatic ring is 1. The summed E-state index contributed by atoms with van der Waals surface area (Å²) >= 11 is 0. The molecular formula is C18H23N3O3. The van der Waals surface area contributed by atoms with Crippen molar-refractivity contribution in [2.75, 3.05) is 12.3 Å². The monoisotopic (exact) mass is 329 g/mol. The molecule has 0 atom stereocenters. The number of nitrogens with one attached hydrogen (secondary N) is 1. The first-order chi connectivity index (χ1) is 11.6. The van der Waals surface area contributed by atoms with Crippen molar-refractivity contribution in [2.45, 2.75) is 39.0 Å². The molecule has 24 heavy (non-hydrogen) atoms. The lowest BCUT2D eigenvalue weighted by molar-refractivity contribution is -0.143. The van der Waals surface area contributed by atoms with E-state index < -0.39 is 0 Å². The zero-order chi connectivity index (χ0) is 17.4. The van der Waals surface area contributed by atoms with E-state index in [-0.39, 0.29) is 17.5 Å². The SMILES string of the molecule is CCOC(=O)CCCCCc1c(-c2ccccc2)nc(N)[nH]c1=O. The molecule has 1 aromatic carbocycles. The number of esters is 1. The van der Waals surface area contributed by atoms with E-state index in [4.69, 9.17) is 10.5 Å². The zero-order valence-electron chi connectivity index (χ0n) is 13.9. The molecule has 0 fully saturated rings. The highest BCUT2D eigenvalue weighted by Gasteiger charge is 2.12. The summed E-state index contributed by atoms with van der Waals surface area (Å²) < 4.78 is 4.90. The van der Waals surface area contributed by atoms with E-state index in [0.717, 1.165) is 24.8 Å². The maximum atomic E-state index is 12.2. The topological polar surface area (TPSA) is 98.1 Å². The largest absolute Gasteiger partial charge is 0.466 e. The molecule has 0 unspecified atom stereocenters. The first kappa shape index (κ1) is 17.7. The molecule has 1 aromatic heterocycles. The highest BCUT2D eigenvalue weighted by molar-refractivity contribution is 5.69. The van der Waals surface area contributed by atoms with Crippen LogP contribution < -0.4 is 11.3 Å². The lowest BCUT2D eigenvalue weighted by atomic mass is 10.0. The van der Waals surface area contributed by atoms with Crippen molar-refractivity contribution in [3.8, 4) is 11.3 Å². The van der Waals surface area contributed by atoms with Gasteiger partial charge in [-0.3, -0.25) is 14.6 Å². The Morgan fingerprint density at radius 3 is 2.67 bits per heavy atom. The van der Waals surface area contributed by atoms with Crippen molar-refractivity contribution in [2.24, 2.45) is 0 Å². The molecule has 128 valence electrons. The van der Waals surface area contributed by atoms with Crippen LogP contribution in [0.15, 0.2) is 35.1 Å². The van der Waals surface area contributed by atoms with E-state index in [9.17, 15) is 9.59 Å². The quantitative estimate of drug-likeness (QED) is 0.573. The van der Waals surface area contributed by atoms with Crippen LogP contribution in [0.25, 0.3) is 11.3 Å². The Morgan fingerprint density at radius 2 is 1.96 bits per heavy atom. The number of H-pyrrole nitrogens is 1.